The highest BCUT2D eigenvalue weighted by molar-refractivity contribution is 4.88. The normalized spacial score (nSPS) is 24.2. The Morgan fingerprint density at radius 3 is 2.00 bits per heavy atom. The van der Waals surface area contributed by atoms with Crippen LogP contribution >= 0.6 is 0 Å². The Bertz CT molecular complexity index is 250. The van der Waals surface area contributed by atoms with E-state index in [2.05, 4.69) is 53.4 Å². The summed E-state index contributed by atoms with van der Waals surface area (Å²) in [4.78, 5) is 2.50. The molecule has 1 aliphatic heterocycles. The van der Waals surface area contributed by atoms with Crippen LogP contribution in [0.15, 0.2) is 0 Å². The van der Waals surface area contributed by atoms with Crippen molar-refractivity contribution < 1.29 is 9.47 Å². The quantitative estimate of drug-likeness (QED) is 0.722. The zero-order valence-corrected chi connectivity index (χ0v) is 13.3. The molecule has 0 aromatic rings. The maximum Gasteiger partial charge on any atom is 0.0760 e. The summed E-state index contributed by atoms with van der Waals surface area (Å²) in [6.07, 6.45) is 1.09. The lowest BCUT2D eigenvalue weighted by Gasteiger charge is -2.47. The zero-order valence-electron chi connectivity index (χ0n) is 13.3. The molecular formula is C15H31NO2. The molecule has 0 aromatic carbocycles. The van der Waals surface area contributed by atoms with Gasteiger partial charge in [-0.3, -0.25) is 4.90 Å². The fourth-order valence-electron chi connectivity index (χ4n) is 2.77. The second kappa shape index (κ2) is 5.48. The Morgan fingerprint density at radius 1 is 1.06 bits per heavy atom. The van der Waals surface area contributed by atoms with Gasteiger partial charge in [0, 0.05) is 26.2 Å². The minimum atomic E-state index is -0.0490. The topological polar surface area (TPSA) is 21.7 Å². The smallest absolute Gasteiger partial charge is 0.0760 e. The molecule has 108 valence electrons. The van der Waals surface area contributed by atoms with Crippen molar-refractivity contribution in [1.29, 1.82) is 0 Å². The number of nitrogens with zero attached hydrogens (tertiary/aromatic N) is 1. The van der Waals surface area contributed by atoms with Gasteiger partial charge in [-0.05, 0) is 54.9 Å². The third-order valence-electron chi connectivity index (χ3n) is 2.92. The predicted molar refractivity (Wildman–Crippen MR) is 76.0 cm³/mol. The molecule has 18 heavy (non-hydrogen) atoms. The molecule has 0 atom stereocenters. The van der Waals surface area contributed by atoms with E-state index in [1.807, 2.05) is 0 Å². The lowest BCUT2D eigenvalue weighted by molar-refractivity contribution is -0.181. The molecule has 3 heteroatoms. The van der Waals surface area contributed by atoms with E-state index in [0.717, 1.165) is 32.7 Å². The first-order valence-electron chi connectivity index (χ1n) is 7.06. The summed E-state index contributed by atoms with van der Waals surface area (Å²) in [5.41, 5.74) is -0.122. The summed E-state index contributed by atoms with van der Waals surface area (Å²) in [5.74, 6) is 0. The van der Waals surface area contributed by atoms with Crippen molar-refractivity contribution in [3.05, 3.63) is 0 Å². The van der Waals surface area contributed by atoms with Gasteiger partial charge in [0.2, 0.25) is 0 Å². The molecule has 0 aromatic heterocycles. The molecule has 1 rings (SSSR count). The number of hydrogen-bond donors (Lipinski definition) is 0. The molecule has 0 aliphatic carbocycles. The van der Waals surface area contributed by atoms with Crippen molar-refractivity contribution in [1.82, 2.24) is 4.90 Å². The van der Waals surface area contributed by atoms with Crippen LogP contribution in [-0.2, 0) is 9.47 Å². The van der Waals surface area contributed by atoms with E-state index in [1.54, 1.807) is 0 Å². The van der Waals surface area contributed by atoms with Crippen LogP contribution in [0.4, 0.5) is 0 Å². The van der Waals surface area contributed by atoms with Gasteiger partial charge in [-0.2, -0.15) is 0 Å². The first kappa shape index (κ1) is 15.9. The molecule has 0 unspecified atom stereocenters. The number of ether oxygens (including phenoxy) is 2. The Hall–Kier alpha value is -0.120. The van der Waals surface area contributed by atoms with Crippen LogP contribution < -0.4 is 0 Å². The highest BCUT2D eigenvalue weighted by Gasteiger charge is 2.37. The molecule has 0 radical (unpaired) electrons. The zero-order chi connectivity index (χ0) is 14.0. The van der Waals surface area contributed by atoms with Crippen LogP contribution in [0.1, 0.15) is 54.9 Å². The fourth-order valence-corrected chi connectivity index (χ4v) is 2.77. The SMILES string of the molecule is CC(C)(C)OCCCN1CC(C)(C)OC(C)(C)C1. The van der Waals surface area contributed by atoms with Gasteiger partial charge < -0.3 is 9.47 Å². The summed E-state index contributed by atoms with van der Waals surface area (Å²) < 4.78 is 11.8. The van der Waals surface area contributed by atoms with Crippen molar-refractivity contribution in [2.24, 2.45) is 0 Å². The van der Waals surface area contributed by atoms with Crippen LogP contribution in [0, 0.1) is 0 Å². The minimum Gasteiger partial charge on any atom is -0.376 e. The van der Waals surface area contributed by atoms with E-state index in [4.69, 9.17) is 9.47 Å². The van der Waals surface area contributed by atoms with Crippen molar-refractivity contribution in [2.45, 2.75) is 71.7 Å². The highest BCUT2D eigenvalue weighted by atomic mass is 16.5. The van der Waals surface area contributed by atoms with E-state index in [9.17, 15) is 0 Å². The van der Waals surface area contributed by atoms with Crippen molar-refractivity contribution in [2.75, 3.05) is 26.2 Å². The van der Waals surface area contributed by atoms with E-state index >= 15 is 0 Å². The fraction of sp³-hybridized carbons (Fsp3) is 1.00. The lowest BCUT2D eigenvalue weighted by atomic mass is 9.99. The minimum absolute atomic E-state index is 0.0243. The average molecular weight is 257 g/mol. The van der Waals surface area contributed by atoms with Gasteiger partial charge in [-0.15, -0.1) is 0 Å². The van der Waals surface area contributed by atoms with Crippen molar-refractivity contribution in [3.63, 3.8) is 0 Å². The van der Waals surface area contributed by atoms with Gasteiger partial charge in [0.1, 0.15) is 0 Å². The Labute approximate surface area is 113 Å². The van der Waals surface area contributed by atoms with Gasteiger partial charge in [-0.25, -0.2) is 0 Å². The summed E-state index contributed by atoms with van der Waals surface area (Å²) in [6.45, 7) is 18.9. The van der Waals surface area contributed by atoms with Crippen LogP contribution in [-0.4, -0.2) is 47.9 Å². The van der Waals surface area contributed by atoms with Crippen LogP contribution in [0.5, 0.6) is 0 Å². The van der Waals surface area contributed by atoms with E-state index in [0.29, 0.717) is 0 Å². The second-order valence-corrected chi connectivity index (χ2v) is 7.65. The first-order chi connectivity index (χ1) is 7.99. The monoisotopic (exact) mass is 257 g/mol. The molecule has 3 nitrogen and oxygen atoms in total. The molecule has 0 amide bonds. The number of rotatable bonds is 4. The molecule has 0 bridgehead atoms. The lowest BCUT2D eigenvalue weighted by Crippen LogP contribution is -2.57. The van der Waals surface area contributed by atoms with Gasteiger partial charge >= 0.3 is 0 Å². The Kier molecular flexibility index (Phi) is 4.85. The molecule has 1 aliphatic rings. The molecule has 0 spiro atoms. The number of morpholine rings is 1. The first-order valence-corrected chi connectivity index (χ1v) is 7.06. The van der Waals surface area contributed by atoms with E-state index in [-0.39, 0.29) is 16.8 Å². The van der Waals surface area contributed by atoms with Crippen molar-refractivity contribution >= 4 is 0 Å². The molecule has 0 saturated carbocycles. The van der Waals surface area contributed by atoms with Gasteiger partial charge in [0.05, 0.1) is 16.8 Å². The molecular weight excluding hydrogens is 226 g/mol. The molecule has 1 heterocycles. The second-order valence-electron chi connectivity index (χ2n) is 7.65. The molecule has 1 saturated heterocycles. The third kappa shape index (κ3) is 6.17. The predicted octanol–water partition coefficient (Wildman–Crippen LogP) is 3.08. The maximum atomic E-state index is 6.08. The Morgan fingerprint density at radius 2 is 1.56 bits per heavy atom. The summed E-state index contributed by atoms with van der Waals surface area (Å²) in [7, 11) is 0. The highest BCUT2D eigenvalue weighted by Crippen LogP contribution is 2.27. The number of hydrogen-bond acceptors (Lipinski definition) is 3. The summed E-state index contributed by atoms with van der Waals surface area (Å²) in [5, 5.41) is 0. The van der Waals surface area contributed by atoms with Crippen LogP contribution in [0.2, 0.25) is 0 Å². The molecule has 1 fully saturated rings. The van der Waals surface area contributed by atoms with Crippen LogP contribution in [0.3, 0.4) is 0 Å². The largest absolute Gasteiger partial charge is 0.376 e. The van der Waals surface area contributed by atoms with E-state index < -0.39 is 0 Å². The van der Waals surface area contributed by atoms with E-state index in [1.165, 1.54) is 0 Å². The third-order valence-corrected chi connectivity index (χ3v) is 2.92. The van der Waals surface area contributed by atoms with Gasteiger partial charge in [-0.1, -0.05) is 0 Å². The van der Waals surface area contributed by atoms with Gasteiger partial charge in [0.25, 0.3) is 0 Å². The Balaban J connectivity index is 2.34. The summed E-state index contributed by atoms with van der Waals surface area (Å²) in [6, 6.07) is 0. The summed E-state index contributed by atoms with van der Waals surface area (Å²) >= 11 is 0. The van der Waals surface area contributed by atoms with Gasteiger partial charge in [0.15, 0.2) is 0 Å². The van der Waals surface area contributed by atoms with Crippen molar-refractivity contribution in [3.8, 4) is 0 Å². The maximum absolute atomic E-state index is 6.08. The van der Waals surface area contributed by atoms with Crippen LogP contribution in [0.25, 0.3) is 0 Å². The molecule has 0 N–H and O–H groups in total. The standard InChI is InChI=1S/C15H31NO2/c1-13(2,3)17-10-8-9-16-11-14(4,5)18-15(6,7)12-16/h8-12H2,1-7H3. The average Bonchev–Trinajstić information content (AvgIpc) is 2.05.